The van der Waals surface area contributed by atoms with Crippen molar-refractivity contribution in [2.24, 2.45) is 0 Å². The molecule has 1 aromatic heterocycles. The van der Waals surface area contributed by atoms with Crippen LogP contribution in [0, 0.1) is 11.3 Å². The van der Waals surface area contributed by atoms with Gasteiger partial charge in [-0.05, 0) is 29.9 Å². The second kappa shape index (κ2) is 4.78. The number of nitriles is 1. The van der Waals surface area contributed by atoms with Crippen LogP contribution in [0.1, 0.15) is 42.9 Å². The minimum atomic E-state index is 0.478. The molecule has 0 aliphatic heterocycles. The van der Waals surface area contributed by atoms with Crippen LogP contribution in [0.15, 0.2) is 30.5 Å². The molecule has 3 rings (SSSR count). The number of fused-ring (bicyclic) bond motifs is 1. The number of aromatic nitrogens is 1. The van der Waals surface area contributed by atoms with Gasteiger partial charge in [0.05, 0.1) is 18.2 Å². The van der Waals surface area contributed by atoms with Crippen LogP contribution < -0.4 is 0 Å². The van der Waals surface area contributed by atoms with E-state index >= 15 is 0 Å². The van der Waals surface area contributed by atoms with E-state index < -0.39 is 0 Å². The van der Waals surface area contributed by atoms with Gasteiger partial charge in [0.2, 0.25) is 0 Å². The number of rotatable bonds is 2. The molecule has 2 nitrogen and oxygen atoms in total. The van der Waals surface area contributed by atoms with E-state index in [9.17, 15) is 0 Å². The van der Waals surface area contributed by atoms with Crippen LogP contribution in [0.25, 0.3) is 10.8 Å². The third kappa shape index (κ3) is 1.86. The van der Waals surface area contributed by atoms with E-state index in [2.05, 4.69) is 23.2 Å². The van der Waals surface area contributed by atoms with Gasteiger partial charge in [-0.15, -0.1) is 0 Å². The third-order valence-electron chi connectivity index (χ3n) is 3.94. The molecule has 0 radical (unpaired) electrons. The molecule has 0 N–H and O–H groups in total. The predicted octanol–water partition coefficient (Wildman–Crippen LogP) is 3.96. The maximum atomic E-state index is 8.89. The van der Waals surface area contributed by atoms with Crippen molar-refractivity contribution in [1.29, 1.82) is 5.26 Å². The van der Waals surface area contributed by atoms with Crippen LogP contribution in [0.5, 0.6) is 0 Å². The van der Waals surface area contributed by atoms with Gasteiger partial charge in [0, 0.05) is 17.5 Å². The molecule has 2 aromatic rings. The molecule has 2 heteroatoms. The Bertz CT molecular complexity index is 604. The van der Waals surface area contributed by atoms with E-state index in [1.165, 1.54) is 42.1 Å². The summed E-state index contributed by atoms with van der Waals surface area (Å²) in [4.78, 5) is 4.61. The largest absolute Gasteiger partial charge is 0.260 e. The van der Waals surface area contributed by atoms with E-state index in [-0.39, 0.29) is 0 Å². The molecule has 90 valence electrons. The van der Waals surface area contributed by atoms with Gasteiger partial charge in [0.25, 0.3) is 0 Å². The van der Waals surface area contributed by atoms with Crippen LogP contribution >= 0.6 is 0 Å². The van der Waals surface area contributed by atoms with E-state index in [1.54, 1.807) is 0 Å². The topological polar surface area (TPSA) is 36.7 Å². The monoisotopic (exact) mass is 236 g/mol. The van der Waals surface area contributed by atoms with Gasteiger partial charge in [-0.2, -0.15) is 5.26 Å². The number of hydrogen-bond acceptors (Lipinski definition) is 2. The molecule has 1 fully saturated rings. The first-order chi connectivity index (χ1) is 8.90. The van der Waals surface area contributed by atoms with Crippen molar-refractivity contribution in [3.05, 3.63) is 41.7 Å². The van der Waals surface area contributed by atoms with Crippen molar-refractivity contribution in [2.45, 2.75) is 38.0 Å². The molecule has 1 aliphatic carbocycles. The Morgan fingerprint density at radius 2 is 2.00 bits per heavy atom. The van der Waals surface area contributed by atoms with Crippen LogP contribution in [0.2, 0.25) is 0 Å². The summed E-state index contributed by atoms with van der Waals surface area (Å²) in [7, 11) is 0. The Balaban J connectivity index is 2.16. The van der Waals surface area contributed by atoms with Crippen molar-refractivity contribution in [1.82, 2.24) is 4.98 Å². The molecule has 0 amide bonds. The van der Waals surface area contributed by atoms with Crippen molar-refractivity contribution < 1.29 is 0 Å². The zero-order valence-electron chi connectivity index (χ0n) is 10.4. The van der Waals surface area contributed by atoms with Gasteiger partial charge >= 0.3 is 0 Å². The molecule has 1 heterocycles. The Labute approximate surface area is 107 Å². The smallest absolute Gasteiger partial charge is 0.0669 e. The summed E-state index contributed by atoms with van der Waals surface area (Å²) in [6.07, 6.45) is 7.53. The molecular weight excluding hydrogens is 220 g/mol. The Morgan fingerprint density at radius 1 is 1.17 bits per heavy atom. The summed E-state index contributed by atoms with van der Waals surface area (Å²) in [5.41, 5.74) is 2.36. The first-order valence-electron chi connectivity index (χ1n) is 6.63. The second-order valence-electron chi connectivity index (χ2n) is 5.02. The fourth-order valence-corrected chi connectivity index (χ4v) is 3.06. The lowest BCUT2D eigenvalue weighted by Gasteiger charge is -2.13. The molecule has 0 bridgehead atoms. The highest BCUT2D eigenvalue weighted by Crippen LogP contribution is 2.36. The fourth-order valence-electron chi connectivity index (χ4n) is 3.06. The average Bonchev–Trinajstić information content (AvgIpc) is 2.93. The van der Waals surface area contributed by atoms with Gasteiger partial charge in [-0.1, -0.05) is 31.0 Å². The molecule has 0 saturated heterocycles. The maximum Gasteiger partial charge on any atom is 0.0669 e. The van der Waals surface area contributed by atoms with Gasteiger partial charge in [0.1, 0.15) is 0 Å². The van der Waals surface area contributed by atoms with Crippen LogP contribution in [0.4, 0.5) is 0 Å². The molecule has 1 aliphatic rings. The normalized spacial score (nSPS) is 15.9. The SMILES string of the molecule is N#CCc1cccc2c(C3CCCC3)nccc12. The highest BCUT2D eigenvalue weighted by Gasteiger charge is 2.20. The molecule has 1 aromatic carbocycles. The minimum Gasteiger partial charge on any atom is -0.260 e. The van der Waals surface area contributed by atoms with Gasteiger partial charge in [0.15, 0.2) is 0 Å². The quantitative estimate of drug-likeness (QED) is 0.791. The molecule has 0 atom stereocenters. The first kappa shape index (κ1) is 11.2. The molecule has 0 spiro atoms. The Morgan fingerprint density at radius 3 is 2.78 bits per heavy atom. The lowest BCUT2D eigenvalue weighted by molar-refractivity contribution is 0.705. The number of benzene rings is 1. The third-order valence-corrected chi connectivity index (χ3v) is 3.94. The van der Waals surface area contributed by atoms with Crippen LogP contribution in [-0.4, -0.2) is 4.98 Å². The standard InChI is InChI=1S/C16H16N2/c17-10-8-12-6-3-7-15-14(12)9-11-18-16(15)13-4-1-2-5-13/h3,6-7,9,11,13H,1-2,4-5,8H2. The fraction of sp³-hybridized carbons (Fsp3) is 0.375. The lowest BCUT2D eigenvalue weighted by atomic mass is 9.95. The zero-order valence-corrected chi connectivity index (χ0v) is 10.4. The second-order valence-corrected chi connectivity index (χ2v) is 5.02. The predicted molar refractivity (Wildman–Crippen MR) is 72.3 cm³/mol. The Kier molecular flexibility index (Phi) is 2.98. The summed E-state index contributed by atoms with van der Waals surface area (Å²) in [6, 6.07) is 10.5. The first-order valence-corrected chi connectivity index (χ1v) is 6.63. The zero-order chi connectivity index (χ0) is 12.4. The van der Waals surface area contributed by atoms with E-state index in [0.29, 0.717) is 12.3 Å². The number of hydrogen-bond donors (Lipinski definition) is 0. The van der Waals surface area contributed by atoms with Gasteiger partial charge < -0.3 is 0 Å². The number of pyridine rings is 1. The molecule has 1 saturated carbocycles. The summed E-state index contributed by atoms with van der Waals surface area (Å²) in [5, 5.41) is 11.3. The van der Waals surface area contributed by atoms with Crippen molar-refractivity contribution in [3.63, 3.8) is 0 Å². The van der Waals surface area contributed by atoms with Gasteiger partial charge in [-0.25, -0.2) is 0 Å². The van der Waals surface area contributed by atoms with Gasteiger partial charge in [-0.3, -0.25) is 4.98 Å². The van der Waals surface area contributed by atoms with Crippen molar-refractivity contribution in [2.75, 3.05) is 0 Å². The van der Waals surface area contributed by atoms with Crippen LogP contribution in [-0.2, 0) is 6.42 Å². The Hall–Kier alpha value is -1.88. The van der Waals surface area contributed by atoms with E-state index in [0.717, 1.165) is 5.56 Å². The highest BCUT2D eigenvalue weighted by molar-refractivity contribution is 5.88. The summed E-state index contributed by atoms with van der Waals surface area (Å²) in [5.74, 6) is 0.617. The minimum absolute atomic E-state index is 0.478. The summed E-state index contributed by atoms with van der Waals surface area (Å²) < 4.78 is 0. The number of nitrogens with zero attached hydrogens (tertiary/aromatic N) is 2. The van der Waals surface area contributed by atoms with Crippen LogP contribution in [0.3, 0.4) is 0 Å². The summed E-state index contributed by atoms with van der Waals surface area (Å²) in [6.45, 7) is 0. The lowest BCUT2D eigenvalue weighted by Crippen LogP contribution is -1.98. The average molecular weight is 236 g/mol. The summed E-state index contributed by atoms with van der Waals surface area (Å²) >= 11 is 0. The van der Waals surface area contributed by atoms with E-state index in [1.807, 2.05) is 18.3 Å². The van der Waals surface area contributed by atoms with Crippen molar-refractivity contribution >= 4 is 10.8 Å². The molecule has 0 unspecified atom stereocenters. The maximum absolute atomic E-state index is 8.89. The van der Waals surface area contributed by atoms with Crippen molar-refractivity contribution in [3.8, 4) is 6.07 Å². The molecular formula is C16H16N2. The van der Waals surface area contributed by atoms with E-state index in [4.69, 9.17) is 5.26 Å². The highest BCUT2D eigenvalue weighted by atomic mass is 14.7. The molecule has 18 heavy (non-hydrogen) atoms.